The Bertz CT molecular complexity index is 1830. The molecule has 2 spiro atoms. The molecule has 338 valence electrons. The summed E-state index contributed by atoms with van der Waals surface area (Å²) in [5, 5.41) is 5.98. The minimum Gasteiger partial charge on any atom is -0.465 e. The average Bonchev–Trinajstić information content (AvgIpc) is 3.64. The van der Waals surface area contributed by atoms with Crippen LogP contribution in [0.5, 0.6) is 11.5 Å². The van der Waals surface area contributed by atoms with Crippen LogP contribution < -0.4 is 20.1 Å². The molecule has 2 N–H and O–H groups in total. The Morgan fingerprint density at radius 3 is 1.37 bits per heavy atom. The zero-order chi connectivity index (χ0) is 43.0. The van der Waals surface area contributed by atoms with E-state index in [4.69, 9.17) is 48.0 Å². The highest BCUT2D eigenvalue weighted by atomic mass is 17.3. The van der Waals surface area contributed by atoms with Gasteiger partial charge in [0.15, 0.2) is 23.8 Å². The molecule has 2 amide bonds. The summed E-state index contributed by atoms with van der Waals surface area (Å²) in [6.45, 7) is 13.7. The number of unbranched alkanes of at least 4 members (excludes halogenated alkanes) is 1. The molecule has 14 nitrogen and oxygen atoms in total. The van der Waals surface area contributed by atoms with Crippen molar-refractivity contribution in [2.45, 2.75) is 154 Å². The van der Waals surface area contributed by atoms with Gasteiger partial charge in [-0.05, 0) is 137 Å². The van der Waals surface area contributed by atoms with Crippen LogP contribution in [0, 0.1) is 47.3 Å². The number of benzene rings is 2. The van der Waals surface area contributed by atoms with Crippen LogP contribution in [0.15, 0.2) is 48.5 Å². The van der Waals surface area contributed by atoms with Gasteiger partial charge in [0.25, 0.3) is 11.8 Å². The Labute approximate surface area is 364 Å². The third-order valence-electron chi connectivity index (χ3n) is 16.1. The summed E-state index contributed by atoms with van der Waals surface area (Å²) in [6, 6.07) is 14.3. The highest BCUT2D eigenvalue weighted by Crippen LogP contribution is 2.62. The molecule has 14 heteroatoms. The van der Waals surface area contributed by atoms with Crippen LogP contribution in [0.25, 0.3) is 0 Å². The first kappa shape index (κ1) is 42.6. The first-order chi connectivity index (χ1) is 29.8. The molecule has 0 aromatic heterocycles. The fraction of sp³-hybridized carbons (Fsp3) is 0.708. The molecule has 2 aromatic rings. The lowest BCUT2D eigenvalue weighted by atomic mass is 9.58. The van der Waals surface area contributed by atoms with Crippen molar-refractivity contribution in [3.63, 3.8) is 0 Å². The minimum absolute atomic E-state index is 0.0381. The number of carbonyl (C=O) groups excluding carboxylic acids is 2. The first-order valence-electron chi connectivity index (χ1n) is 23.3. The molecule has 10 aliphatic rings. The van der Waals surface area contributed by atoms with Gasteiger partial charge in [-0.3, -0.25) is 9.59 Å². The van der Waals surface area contributed by atoms with Crippen LogP contribution >= 0.6 is 0 Å². The van der Waals surface area contributed by atoms with E-state index in [1.807, 2.05) is 13.8 Å². The summed E-state index contributed by atoms with van der Waals surface area (Å²) >= 11 is 0. The van der Waals surface area contributed by atoms with Crippen molar-refractivity contribution in [2.24, 2.45) is 47.3 Å². The van der Waals surface area contributed by atoms with Gasteiger partial charge in [0.1, 0.15) is 11.5 Å². The molecule has 10 fully saturated rings. The van der Waals surface area contributed by atoms with Gasteiger partial charge < -0.3 is 39.1 Å². The lowest BCUT2D eigenvalue weighted by Gasteiger charge is -2.60. The highest BCUT2D eigenvalue weighted by Gasteiger charge is 2.71. The van der Waals surface area contributed by atoms with Gasteiger partial charge in [-0.1, -0.05) is 27.7 Å². The quantitative estimate of drug-likeness (QED) is 0.168. The molecule has 2 saturated carbocycles. The summed E-state index contributed by atoms with van der Waals surface area (Å²) < 4.78 is 38.9. The maximum absolute atomic E-state index is 13.0. The number of ether oxygens (including phenoxy) is 6. The first-order valence-corrected chi connectivity index (χ1v) is 23.3. The van der Waals surface area contributed by atoms with Gasteiger partial charge in [0.2, 0.25) is 24.2 Å². The topological polar surface area (TPSA) is 150 Å². The number of amides is 2. The molecule has 8 unspecified atom stereocenters. The molecule has 0 radical (unpaired) electrons. The van der Waals surface area contributed by atoms with Crippen LogP contribution in [0.4, 0.5) is 0 Å². The van der Waals surface area contributed by atoms with Crippen molar-refractivity contribution in [2.75, 3.05) is 13.1 Å². The maximum Gasteiger partial charge on any atom is 0.251 e. The van der Waals surface area contributed by atoms with Crippen molar-refractivity contribution < 1.29 is 57.6 Å². The smallest absolute Gasteiger partial charge is 0.251 e. The number of hydrogen-bond acceptors (Lipinski definition) is 12. The monoisotopic (exact) mass is 860 g/mol. The van der Waals surface area contributed by atoms with Crippen LogP contribution in [-0.4, -0.2) is 72.8 Å². The lowest BCUT2D eigenvalue weighted by Crippen LogP contribution is -2.70. The molecule has 8 saturated heterocycles. The highest BCUT2D eigenvalue weighted by molar-refractivity contribution is 5.94. The Morgan fingerprint density at radius 1 is 0.565 bits per heavy atom. The van der Waals surface area contributed by atoms with Crippen LogP contribution in [-0.2, 0) is 38.5 Å². The SMILES string of the molecule is C[C@@H]1CCC2[C@@H](C)[C@@H](Oc3ccc(C(=O)NCCCCNC(=O)c4ccc(O[C@H]5OC6OC7(C)CCC8[C@H](C)CCC([C@H]5C)[C@@]68OO7)cc4)cc3)OC3OC4(C)CCC1[C@]32OO4. The molecule has 62 heavy (non-hydrogen) atoms. The Hall–Kier alpha value is -3.34. The van der Waals surface area contributed by atoms with Gasteiger partial charge in [-0.2, -0.15) is 0 Å². The molecule has 4 bridgehead atoms. The van der Waals surface area contributed by atoms with Crippen LogP contribution in [0.2, 0.25) is 0 Å². The van der Waals surface area contributed by atoms with E-state index in [1.54, 1.807) is 48.5 Å². The van der Waals surface area contributed by atoms with Gasteiger partial charge in [0, 0.05) is 60.7 Å². The van der Waals surface area contributed by atoms with Crippen molar-refractivity contribution in [3.8, 4) is 11.5 Å². The number of hydrogen-bond donors (Lipinski definition) is 2. The predicted octanol–water partition coefficient (Wildman–Crippen LogP) is 7.80. The van der Waals surface area contributed by atoms with E-state index in [9.17, 15) is 9.59 Å². The summed E-state index contributed by atoms with van der Waals surface area (Å²) in [4.78, 5) is 50.3. The Balaban J connectivity index is 0.660. The zero-order valence-corrected chi connectivity index (χ0v) is 36.9. The molecule has 8 heterocycles. The number of nitrogens with one attached hydrogen (secondary N) is 2. The van der Waals surface area contributed by atoms with E-state index >= 15 is 0 Å². The molecule has 2 aromatic carbocycles. The molecular formula is C48H64N2O12. The van der Waals surface area contributed by atoms with Gasteiger partial charge in [-0.25, -0.2) is 19.6 Å². The Morgan fingerprint density at radius 2 is 0.968 bits per heavy atom. The standard InChI is InChI=1S/C48H64N2O12/c1-27-9-19-37-29(3)41(55-43-47(37)35(27)21-23-45(5,57-43)59-61-47)53-33-15-11-31(12-16-33)39(51)49-25-7-8-26-50-40(52)32-13-17-34(18-14-32)54-42-30(4)38-20-10-28(2)36-22-24-46(6)58-44(56-42)48(36,38)62-60-46/h11-18,27-30,35-38,41-44H,7-10,19-26H2,1-6H3,(H,49,51)(H,50,52)/t27-,28-,29-,30-,35?,36?,37?,38?,41+,42+,43?,44?,45?,46?,47-,48-/m1/s1. The molecule has 2 aliphatic carbocycles. The molecule has 12 rings (SSSR count). The molecular weight excluding hydrogens is 797 g/mol. The van der Waals surface area contributed by atoms with Gasteiger partial charge in [-0.15, -0.1) is 0 Å². The fourth-order valence-corrected chi connectivity index (χ4v) is 12.5. The van der Waals surface area contributed by atoms with Crippen molar-refractivity contribution >= 4 is 11.8 Å². The van der Waals surface area contributed by atoms with Crippen molar-refractivity contribution in [1.29, 1.82) is 0 Å². The Kier molecular flexibility index (Phi) is 11.2. The van der Waals surface area contributed by atoms with Gasteiger partial charge in [0.05, 0.1) is 0 Å². The van der Waals surface area contributed by atoms with E-state index in [-0.39, 0.29) is 47.3 Å². The van der Waals surface area contributed by atoms with E-state index in [0.717, 1.165) is 51.4 Å². The zero-order valence-electron chi connectivity index (χ0n) is 36.9. The summed E-state index contributed by atoms with van der Waals surface area (Å²) in [5.41, 5.74) is -0.216. The molecule has 16 atom stereocenters. The number of fused-ring (bicyclic) bond motifs is 4. The largest absolute Gasteiger partial charge is 0.465 e. The van der Waals surface area contributed by atoms with E-state index in [1.165, 1.54) is 0 Å². The predicted molar refractivity (Wildman–Crippen MR) is 222 cm³/mol. The van der Waals surface area contributed by atoms with Crippen LogP contribution in [0.1, 0.15) is 126 Å². The fourth-order valence-electron chi connectivity index (χ4n) is 12.5. The summed E-state index contributed by atoms with van der Waals surface area (Å²) in [6.07, 6.45) is 6.85. The average molecular weight is 861 g/mol. The van der Waals surface area contributed by atoms with E-state index in [2.05, 4.69) is 38.3 Å². The second-order valence-electron chi connectivity index (χ2n) is 20.1. The summed E-state index contributed by atoms with van der Waals surface area (Å²) in [7, 11) is 0. The minimum atomic E-state index is -0.846. The third-order valence-corrected chi connectivity index (χ3v) is 16.1. The normalized spacial score (nSPS) is 43.9. The van der Waals surface area contributed by atoms with Gasteiger partial charge >= 0.3 is 0 Å². The number of carbonyl (C=O) groups is 2. The third kappa shape index (κ3) is 7.24. The van der Waals surface area contributed by atoms with E-state index < -0.39 is 47.9 Å². The van der Waals surface area contributed by atoms with Crippen molar-refractivity contribution in [1.82, 2.24) is 10.6 Å². The second-order valence-corrected chi connectivity index (χ2v) is 20.1. The van der Waals surface area contributed by atoms with E-state index in [0.29, 0.717) is 60.4 Å². The van der Waals surface area contributed by atoms with Crippen LogP contribution in [0.3, 0.4) is 0 Å². The maximum atomic E-state index is 13.0. The second kappa shape index (κ2) is 16.3. The number of rotatable bonds is 11. The lowest BCUT2D eigenvalue weighted by molar-refractivity contribution is -0.575. The summed E-state index contributed by atoms with van der Waals surface area (Å²) in [5.74, 6) is 1.16. The van der Waals surface area contributed by atoms with Crippen molar-refractivity contribution in [3.05, 3.63) is 59.7 Å². The molecule has 8 aliphatic heterocycles.